The molecule has 0 aliphatic heterocycles. The monoisotopic (exact) mass is 220 g/mol. The van der Waals surface area contributed by atoms with E-state index < -0.39 is 10.8 Å². The van der Waals surface area contributed by atoms with Gasteiger partial charge in [-0.25, -0.2) is 0 Å². The fraction of sp³-hybridized carbons (Fsp3) is 0.889. The van der Waals surface area contributed by atoms with E-state index in [2.05, 4.69) is 10.6 Å². The summed E-state index contributed by atoms with van der Waals surface area (Å²) in [7, 11) is -0.831. The molecule has 2 N–H and O–H groups in total. The quantitative estimate of drug-likeness (QED) is 0.621. The molecule has 0 aliphatic carbocycles. The highest BCUT2D eigenvalue weighted by Crippen LogP contribution is 1.91. The third kappa shape index (κ3) is 7.03. The predicted octanol–water partition coefficient (Wildman–Crippen LogP) is -0.273. The first-order chi connectivity index (χ1) is 6.57. The highest BCUT2D eigenvalue weighted by Gasteiger charge is 2.10. The average molecular weight is 220 g/mol. The maximum Gasteiger partial charge on any atom is 0.224 e. The molecule has 0 saturated heterocycles. The molecule has 0 bridgehead atoms. The van der Waals surface area contributed by atoms with Crippen LogP contribution in [0.4, 0.5) is 0 Å². The molecule has 5 heteroatoms. The molecule has 1 amide bonds. The molecule has 0 aliphatic rings. The van der Waals surface area contributed by atoms with Gasteiger partial charge in [0.2, 0.25) is 5.91 Å². The van der Waals surface area contributed by atoms with Gasteiger partial charge < -0.3 is 10.6 Å². The Morgan fingerprint density at radius 3 is 2.64 bits per heavy atom. The van der Waals surface area contributed by atoms with Crippen LogP contribution in [0.3, 0.4) is 0 Å². The van der Waals surface area contributed by atoms with E-state index >= 15 is 0 Å². The van der Waals surface area contributed by atoms with Gasteiger partial charge in [-0.3, -0.25) is 9.00 Å². The minimum atomic E-state index is -0.831. The van der Waals surface area contributed by atoms with Crippen molar-refractivity contribution >= 4 is 16.7 Å². The highest BCUT2D eigenvalue weighted by atomic mass is 32.2. The molecule has 0 saturated carbocycles. The fourth-order valence-electron chi connectivity index (χ4n) is 0.946. The van der Waals surface area contributed by atoms with Crippen molar-refractivity contribution in [3.8, 4) is 0 Å². The summed E-state index contributed by atoms with van der Waals surface area (Å²) in [6.45, 7) is 5.94. The second-order valence-electron chi connectivity index (χ2n) is 3.28. The molecule has 4 nitrogen and oxygen atoms in total. The van der Waals surface area contributed by atoms with Crippen molar-refractivity contribution in [2.24, 2.45) is 5.92 Å². The Morgan fingerprint density at radius 2 is 2.14 bits per heavy atom. The lowest BCUT2D eigenvalue weighted by Gasteiger charge is -2.11. The van der Waals surface area contributed by atoms with Crippen LogP contribution in [0.15, 0.2) is 0 Å². The van der Waals surface area contributed by atoms with E-state index in [1.807, 2.05) is 13.8 Å². The van der Waals surface area contributed by atoms with E-state index in [4.69, 9.17) is 0 Å². The Labute approximate surface area is 88.3 Å². The lowest BCUT2D eigenvalue weighted by molar-refractivity contribution is -0.124. The molecule has 14 heavy (non-hydrogen) atoms. The summed E-state index contributed by atoms with van der Waals surface area (Å²) in [5.74, 6) is 0.524. The predicted molar refractivity (Wildman–Crippen MR) is 59.7 cm³/mol. The van der Waals surface area contributed by atoms with Gasteiger partial charge in [0.1, 0.15) is 0 Å². The summed E-state index contributed by atoms with van der Waals surface area (Å²) in [5, 5.41) is 5.86. The number of amides is 1. The maximum absolute atomic E-state index is 11.4. The topological polar surface area (TPSA) is 58.2 Å². The van der Waals surface area contributed by atoms with Gasteiger partial charge in [0.15, 0.2) is 0 Å². The smallest absolute Gasteiger partial charge is 0.224 e. The maximum atomic E-state index is 11.4. The zero-order valence-electron chi connectivity index (χ0n) is 9.13. The zero-order valence-corrected chi connectivity index (χ0v) is 9.95. The van der Waals surface area contributed by atoms with Crippen molar-refractivity contribution < 1.29 is 9.00 Å². The number of rotatable bonds is 7. The van der Waals surface area contributed by atoms with Gasteiger partial charge in [0, 0.05) is 41.8 Å². The molecular weight excluding hydrogens is 200 g/mol. The average Bonchev–Trinajstić information content (AvgIpc) is 2.13. The normalized spacial score (nSPS) is 14.8. The van der Waals surface area contributed by atoms with Crippen LogP contribution < -0.4 is 10.6 Å². The van der Waals surface area contributed by atoms with E-state index in [0.717, 1.165) is 6.54 Å². The van der Waals surface area contributed by atoms with Gasteiger partial charge >= 0.3 is 0 Å². The van der Waals surface area contributed by atoms with Crippen LogP contribution in [-0.4, -0.2) is 41.8 Å². The molecule has 0 aromatic heterocycles. The Kier molecular flexibility index (Phi) is 7.70. The van der Waals surface area contributed by atoms with Gasteiger partial charge in [0.25, 0.3) is 0 Å². The van der Waals surface area contributed by atoms with Crippen LogP contribution in [0.5, 0.6) is 0 Å². The van der Waals surface area contributed by atoms with Crippen molar-refractivity contribution in [3.05, 3.63) is 0 Å². The Bertz CT molecular complexity index is 197. The van der Waals surface area contributed by atoms with Crippen LogP contribution >= 0.6 is 0 Å². The van der Waals surface area contributed by atoms with Gasteiger partial charge in [-0.15, -0.1) is 0 Å². The summed E-state index contributed by atoms with van der Waals surface area (Å²) >= 11 is 0. The Morgan fingerprint density at radius 1 is 1.50 bits per heavy atom. The molecule has 2 unspecified atom stereocenters. The summed E-state index contributed by atoms with van der Waals surface area (Å²) in [5.41, 5.74) is 0. The van der Waals surface area contributed by atoms with Crippen LogP contribution in [0, 0.1) is 5.92 Å². The molecule has 0 spiro atoms. The number of hydrogen-bond acceptors (Lipinski definition) is 3. The first-order valence-electron chi connectivity index (χ1n) is 4.86. The Hall–Kier alpha value is -0.420. The largest absolute Gasteiger partial charge is 0.355 e. The lowest BCUT2D eigenvalue weighted by Crippen LogP contribution is -2.36. The van der Waals surface area contributed by atoms with Crippen LogP contribution in [0.1, 0.15) is 13.8 Å². The number of hydrogen-bond donors (Lipinski definition) is 2. The van der Waals surface area contributed by atoms with Gasteiger partial charge in [-0.2, -0.15) is 0 Å². The van der Waals surface area contributed by atoms with E-state index in [1.165, 1.54) is 0 Å². The number of nitrogens with one attached hydrogen (secondary N) is 2. The lowest BCUT2D eigenvalue weighted by atomic mass is 10.1. The summed E-state index contributed by atoms with van der Waals surface area (Å²) in [6.07, 6.45) is 1.63. The molecule has 2 atom stereocenters. The van der Waals surface area contributed by atoms with E-state index in [9.17, 15) is 9.00 Å². The van der Waals surface area contributed by atoms with Crippen molar-refractivity contribution in [3.63, 3.8) is 0 Å². The number of carbonyl (C=O) groups is 1. The standard InChI is InChI=1S/C9H20N2O2S/c1-4-10-7-8(2)9(12)11-5-6-14(3)13/h8,10H,4-7H2,1-3H3,(H,11,12). The SMILES string of the molecule is CCNCC(C)C(=O)NCCS(C)=O. The van der Waals surface area contributed by atoms with Crippen molar-refractivity contribution in [1.82, 2.24) is 10.6 Å². The molecule has 0 heterocycles. The molecule has 0 fully saturated rings. The summed E-state index contributed by atoms with van der Waals surface area (Å²) in [4.78, 5) is 11.4. The second-order valence-corrected chi connectivity index (χ2v) is 4.83. The minimum Gasteiger partial charge on any atom is -0.355 e. The van der Waals surface area contributed by atoms with E-state index in [0.29, 0.717) is 18.8 Å². The van der Waals surface area contributed by atoms with Crippen molar-refractivity contribution in [1.29, 1.82) is 0 Å². The van der Waals surface area contributed by atoms with E-state index in [-0.39, 0.29) is 11.8 Å². The third-order valence-electron chi connectivity index (χ3n) is 1.84. The van der Waals surface area contributed by atoms with Crippen molar-refractivity contribution in [2.45, 2.75) is 13.8 Å². The fourth-order valence-corrected chi connectivity index (χ4v) is 1.34. The molecule has 0 aromatic carbocycles. The van der Waals surface area contributed by atoms with Crippen LogP contribution in [0.25, 0.3) is 0 Å². The second kappa shape index (κ2) is 7.94. The molecular formula is C9H20N2O2S. The minimum absolute atomic E-state index is 0.0244. The van der Waals surface area contributed by atoms with Crippen LogP contribution in [0.2, 0.25) is 0 Å². The van der Waals surface area contributed by atoms with Crippen molar-refractivity contribution in [2.75, 3.05) is 31.6 Å². The Balaban J connectivity index is 3.56. The van der Waals surface area contributed by atoms with Crippen LogP contribution in [-0.2, 0) is 15.6 Å². The highest BCUT2D eigenvalue weighted by molar-refractivity contribution is 7.84. The van der Waals surface area contributed by atoms with Gasteiger partial charge in [-0.1, -0.05) is 13.8 Å². The van der Waals surface area contributed by atoms with E-state index in [1.54, 1.807) is 6.26 Å². The molecule has 0 radical (unpaired) electrons. The molecule has 0 rings (SSSR count). The molecule has 84 valence electrons. The first-order valence-corrected chi connectivity index (χ1v) is 6.59. The zero-order chi connectivity index (χ0) is 11.0. The van der Waals surface area contributed by atoms with Gasteiger partial charge in [0.05, 0.1) is 0 Å². The number of carbonyl (C=O) groups excluding carboxylic acids is 1. The third-order valence-corrected chi connectivity index (χ3v) is 2.62. The first kappa shape index (κ1) is 13.6. The van der Waals surface area contributed by atoms with Gasteiger partial charge in [-0.05, 0) is 6.54 Å². The summed E-state index contributed by atoms with van der Waals surface area (Å²) < 4.78 is 10.7. The molecule has 0 aromatic rings. The summed E-state index contributed by atoms with van der Waals surface area (Å²) in [6, 6.07) is 0.